The molecule has 0 aromatic carbocycles. The number of ether oxygens (including phenoxy) is 1. The fourth-order valence-corrected chi connectivity index (χ4v) is 1.95. The van der Waals surface area contributed by atoms with Gasteiger partial charge in [0.05, 0.1) is 11.4 Å². The predicted octanol–water partition coefficient (Wildman–Crippen LogP) is 0.741. The van der Waals surface area contributed by atoms with Crippen molar-refractivity contribution in [3.05, 3.63) is 0 Å². The van der Waals surface area contributed by atoms with Gasteiger partial charge in [-0.3, -0.25) is 0 Å². The van der Waals surface area contributed by atoms with Crippen molar-refractivity contribution in [2.75, 3.05) is 19.4 Å². The van der Waals surface area contributed by atoms with Crippen molar-refractivity contribution in [1.29, 1.82) is 0 Å². The van der Waals surface area contributed by atoms with Crippen molar-refractivity contribution in [3.8, 4) is 0 Å². The van der Waals surface area contributed by atoms with Crippen LogP contribution in [0.25, 0.3) is 0 Å². The first-order valence-corrected chi connectivity index (χ1v) is 6.00. The topological polar surface area (TPSA) is 55.4 Å². The third-order valence-corrected chi connectivity index (χ3v) is 3.27. The van der Waals surface area contributed by atoms with E-state index < -0.39 is 15.6 Å². The highest BCUT2D eigenvalue weighted by atomic mass is 32.2. The lowest BCUT2D eigenvalue weighted by molar-refractivity contribution is 0.0276. The van der Waals surface area contributed by atoms with Gasteiger partial charge in [-0.25, -0.2) is 13.1 Å². The second-order valence-corrected chi connectivity index (χ2v) is 5.53. The summed E-state index contributed by atoms with van der Waals surface area (Å²) < 4.78 is 30.0. The Balaban J connectivity index is 4.02. The minimum Gasteiger partial charge on any atom is -0.377 e. The van der Waals surface area contributed by atoms with Gasteiger partial charge in [0.25, 0.3) is 0 Å². The third-order valence-electron chi connectivity index (χ3n) is 1.74. The summed E-state index contributed by atoms with van der Waals surface area (Å²) in [5.74, 6) is 0.173. The number of methoxy groups -OCH3 is 1. The van der Waals surface area contributed by atoms with Gasteiger partial charge in [-0.15, -0.1) is 0 Å². The van der Waals surface area contributed by atoms with Gasteiger partial charge in [0, 0.05) is 13.7 Å². The van der Waals surface area contributed by atoms with Crippen LogP contribution in [0.3, 0.4) is 0 Å². The fraction of sp³-hybridized carbons (Fsp3) is 1.00. The first-order chi connectivity index (χ1) is 5.83. The van der Waals surface area contributed by atoms with Crippen molar-refractivity contribution in [2.24, 2.45) is 0 Å². The third kappa shape index (κ3) is 6.01. The maximum atomic E-state index is 11.2. The smallest absolute Gasteiger partial charge is 0.211 e. The summed E-state index contributed by atoms with van der Waals surface area (Å²) in [4.78, 5) is 0. The molecule has 0 aromatic heterocycles. The molecule has 0 fully saturated rings. The summed E-state index contributed by atoms with van der Waals surface area (Å²) in [5.41, 5.74) is -0.444. The van der Waals surface area contributed by atoms with Crippen molar-refractivity contribution >= 4 is 10.0 Å². The molecule has 5 heteroatoms. The predicted molar refractivity (Wildman–Crippen MR) is 53.2 cm³/mol. The van der Waals surface area contributed by atoms with Gasteiger partial charge in [-0.2, -0.15) is 0 Å². The van der Waals surface area contributed by atoms with Gasteiger partial charge >= 0.3 is 0 Å². The average molecular weight is 209 g/mol. The lowest BCUT2D eigenvalue weighted by atomic mass is 10.1. The zero-order valence-electron chi connectivity index (χ0n) is 8.75. The zero-order chi connectivity index (χ0) is 10.5. The van der Waals surface area contributed by atoms with Crippen molar-refractivity contribution < 1.29 is 13.2 Å². The Hall–Kier alpha value is -0.130. The molecule has 0 spiro atoms. The summed E-state index contributed by atoms with van der Waals surface area (Å²) in [7, 11) is -1.54. The molecule has 13 heavy (non-hydrogen) atoms. The van der Waals surface area contributed by atoms with E-state index in [4.69, 9.17) is 4.74 Å². The highest BCUT2D eigenvalue weighted by molar-refractivity contribution is 7.89. The van der Waals surface area contributed by atoms with Gasteiger partial charge < -0.3 is 4.74 Å². The highest BCUT2D eigenvalue weighted by Gasteiger charge is 2.19. The molecule has 0 amide bonds. The summed E-state index contributed by atoms with van der Waals surface area (Å²) in [6, 6.07) is 0. The Labute approximate surface area is 80.7 Å². The van der Waals surface area contributed by atoms with E-state index in [1.54, 1.807) is 7.11 Å². The lowest BCUT2D eigenvalue weighted by Gasteiger charge is -2.22. The van der Waals surface area contributed by atoms with E-state index in [0.717, 1.165) is 0 Å². The van der Waals surface area contributed by atoms with Crippen LogP contribution in [0.4, 0.5) is 0 Å². The molecule has 0 radical (unpaired) electrons. The Bertz CT molecular complexity index is 234. The first-order valence-electron chi connectivity index (χ1n) is 4.35. The lowest BCUT2D eigenvalue weighted by Crippen LogP contribution is -2.40. The van der Waals surface area contributed by atoms with Crippen molar-refractivity contribution in [2.45, 2.75) is 32.8 Å². The van der Waals surface area contributed by atoms with E-state index in [1.165, 1.54) is 0 Å². The van der Waals surface area contributed by atoms with Crippen LogP contribution >= 0.6 is 0 Å². The normalized spacial score (nSPS) is 13.2. The quantitative estimate of drug-likeness (QED) is 0.702. The molecule has 0 saturated carbocycles. The number of hydrogen-bond acceptors (Lipinski definition) is 3. The monoisotopic (exact) mass is 209 g/mol. The maximum Gasteiger partial charge on any atom is 0.211 e. The molecule has 0 aliphatic heterocycles. The van der Waals surface area contributed by atoms with Crippen LogP contribution in [0.5, 0.6) is 0 Å². The van der Waals surface area contributed by atoms with Gasteiger partial charge in [-0.1, -0.05) is 6.92 Å². The SMILES string of the molecule is CCCS(=O)(=O)NCC(C)(C)OC. The second-order valence-electron chi connectivity index (χ2n) is 3.60. The highest BCUT2D eigenvalue weighted by Crippen LogP contribution is 2.05. The number of rotatable bonds is 6. The van der Waals surface area contributed by atoms with E-state index in [0.29, 0.717) is 13.0 Å². The minimum atomic E-state index is -3.10. The molecule has 0 atom stereocenters. The second kappa shape index (κ2) is 4.93. The molecule has 1 N–H and O–H groups in total. The molecule has 4 nitrogen and oxygen atoms in total. The first kappa shape index (κ1) is 12.9. The Morgan fingerprint density at radius 3 is 2.31 bits per heavy atom. The van der Waals surface area contributed by atoms with Gasteiger partial charge in [-0.05, 0) is 20.3 Å². The largest absolute Gasteiger partial charge is 0.377 e. The Kier molecular flexibility index (Phi) is 4.88. The van der Waals surface area contributed by atoms with Gasteiger partial charge in [0.1, 0.15) is 0 Å². The zero-order valence-corrected chi connectivity index (χ0v) is 9.57. The summed E-state index contributed by atoms with van der Waals surface area (Å²) >= 11 is 0. The molecule has 0 aliphatic rings. The molecular weight excluding hydrogens is 190 g/mol. The van der Waals surface area contributed by atoms with E-state index in [1.807, 2.05) is 20.8 Å². The molecule has 0 saturated heterocycles. The standard InChI is InChI=1S/C8H19NO3S/c1-5-6-13(10,11)9-7-8(2,3)12-4/h9H,5-7H2,1-4H3. The van der Waals surface area contributed by atoms with Crippen LogP contribution in [-0.2, 0) is 14.8 Å². The van der Waals surface area contributed by atoms with Gasteiger partial charge in [0.2, 0.25) is 10.0 Å². The maximum absolute atomic E-state index is 11.2. The summed E-state index contributed by atoms with van der Waals surface area (Å²) in [6.45, 7) is 5.81. The molecule has 80 valence electrons. The summed E-state index contributed by atoms with van der Waals surface area (Å²) in [5, 5.41) is 0. The Morgan fingerprint density at radius 1 is 1.38 bits per heavy atom. The number of hydrogen-bond donors (Lipinski definition) is 1. The molecule has 0 aliphatic carbocycles. The van der Waals surface area contributed by atoms with E-state index in [-0.39, 0.29) is 5.75 Å². The van der Waals surface area contributed by atoms with Crippen molar-refractivity contribution in [1.82, 2.24) is 4.72 Å². The van der Waals surface area contributed by atoms with E-state index >= 15 is 0 Å². The van der Waals surface area contributed by atoms with Crippen molar-refractivity contribution in [3.63, 3.8) is 0 Å². The van der Waals surface area contributed by atoms with Crippen LogP contribution in [0.2, 0.25) is 0 Å². The molecule has 0 rings (SSSR count). The minimum absolute atomic E-state index is 0.173. The van der Waals surface area contributed by atoms with Crippen LogP contribution < -0.4 is 4.72 Å². The van der Waals surface area contributed by atoms with Crippen LogP contribution in [0.1, 0.15) is 27.2 Å². The number of nitrogens with one attached hydrogen (secondary N) is 1. The van der Waals surface area contributed by atoms with E-state index in [2.05, 4.69) is 4.72 Å². The van der Waals surface area contributed by atoms with Crippen LogP contribution in [0.15, 0.2) is 0 Å². The molecular formula is C8H19NO3S. The van der Waals surface area contributed by atoms with Crippen LogP contribution in [0, 0.1) is 0 Å². The fourth-order valence-electron chi connectivity index (χ4n) is 0.697. The molecule has 0 aromatic rings. The molecule has 0 bridgehead atoms. The van der Waals surface area contributed by atoms with Gasteiger partial charge in [0.15, 0.2) is 0 Å². The Morgan fingerprint density at radius 2 is 1.92 bits per heavy atom. The number of sulfonamides is 1. The summed E-state index contributed by atoms with van der Waals surface area (Å²) in [6.07, 6.45) is 0.628. The molecule has 0 unspecified atom stereocenters. The van der Waals surface area contributed by atoms with Crippen LogP contribution in [-0.4, -0.2) is 33.4 Å². The average Bonchev–Trinajstić information content (AvgIpc) is 2.02. The molecule has 0 heterocycles. The van der Waals surface area contributed by atoms with E-state index in [9.17, 15) is 8.42 Å².